The highest BCUT2D eigenvalue weighted by molar-refractivity contribution is 5.95. The summed E-state index contributed by atoms with van der Waals surface area (Å²) in [5.41, 5.74) is 8.78. The summed E-state index contributed by atoms with van der Waals surface area (Å²) in [6.07, 6.45) is 14.6. The molecule has 6 aromatic heterocycles. The van der Waals surface area contributed by atoms with Crippen LogP contribution in [0.3, 0.4) is 0 Å². The summed E-state index contributed by atoms with van der Waals surface area (Å²) in [6.45, 7) is 3.23. The van der Waals surface area contributed by atoms with Gasteiger partial charge in [-0.2, -0.15) is 5.10 Å². The van der Waals surface area contributed by atoms with E-state index in [-0.39, 0.29) is 0 Å². The van der Waals surface area contributed by atoms with E-state index in [9.17, 15) is 0 Å². The highest BCUT2D eigenvalue weighted by Gasteiger charge is 2.18. The number of imidazole rings is 1. The Kier molecular flexibility index (Phi) is 5.06. The first-order valence-electron chi connectivity index (χ1n) is 12.2. The molecule has 9 nitrogen and oxygen atoms in total. The summed E-state index contributed by atoms with van der Waals surface area (Å²) in [7, 11) is 0. The van der Waals surface area contributed by atoms with E-state index >= 15 is 0 Å². The minimum absolute atomic E-state index is 0.635. The van der Waals surface area contributed by atoms with Crippen molar-refractivity contribution in [2.24, 2.45) is 0 Å². The van der Waals surface area contributed by atoms with E-state index < -0.39 is 0 Å². The van der Waals surface area contributed by atoms with Crippen molar-refractivity contribution in [2.75, 3.05) is 13.1 Å². The Morgan fingerprint density at radius 3 is 2.67 bits per heavy atom. The van der Waals surface area contributed by atoms with Crippen molar-refractivity contribution in [3.8, 4) is 33.9 Å². The number of hydrogen-bond donors (Lipinski definition) is 2. The molecule has 7 rings (SSSR count). The van der Waals surface area contributed by atoms with Crippen molar-refractivity contribution >= 4 is 22.1 Å². The van der Waals surface area contributed by atoms with Crippen LogP contribution in [0.25, 0.3) is 56.0 Å². The van der Waals surface area contributed by atoms with Gasteiger partial charge in [0.2, 0.25) is 0 Å². The number of nitrogens with zero attached hydrogens (tertiary/aromatic N) is 6. The number of nitrogens with one attached hydrogen (secondary N) is 2. The van der Waals surface area contributed by atoms with Crippen LogP contribution in [0.1, 0.15) is 24.8 Å². The number of pyridine rings is 3. The van der Waals surface area contributed by atoms with Crippen molar-refractivity contribution in [2.45, 2.75) is 25.8 Å². The summed E-state index contributed by atoms with van der Waals surface area (Å²) in [5, 5.41) is 7.63. The number of furan rings is 1. The Balaban J connectivity index is 1.26. The van der Waals surface area contributed by atoms with Gasteiger partial charge in [0.1, 0.15) is 11.0 Å². The van der Waals surface area contributed by atoms with Crippen LogP contribution in [0.15, 0.2) is 66.0 Å². The number of rotatable bonds is 5. The van der Waals surface area contributed by atoms with Crippen LogP contribution in [0, 0.1) is 0 Å². The zero-order valence-corrected chi connectivity index (χ0v) is 19.6. The van der Waals surface area contributed by atoms with Gasteiger partial charge in [-0.3, -0.25) is 20.0 Å². The lowest BCUT2D eigenvalue weighted by Gasteiger charge is -2.26. The number of H-pyrrole nitrogens is 2. The van der Waals surface area contributed by atoms with E-state index in [1.807, 2.05) is 30.6 Å². The Hall–Kier alpha value is -4.37. The van der Waals surface area contributed by atoms with Crippen LogP contribution in [0.4, 0.5) is 0 Å². The molecule has 2 N–H and O–H groups in total. The summed E-state index contributed by atoms with van der Waals surface area (Å²) < 4.78 is 5.26. The van der Waals surface area contributed by atoms with E-state index in [1.54, 1.807) is 24.9 Å². The number of piperidine rings is 1. The first kappa shape index (κ1) is 21.0. The fraction of sp³-hybridized carbons (Fsp3) is 0.222. The lowest BCUT2D eigenvalue weighted by Crippen LogP contribution is -2.29. The first-order valence-corrected chi connectivity index (χ1v) is 12.2. The number of hydrogen-bond acceptors (Lipinski definition) is 7. The molecule has 36 heavy (non-hydrogen) atoms. The molecule has 0 atom stereocenters. The molecule has 9 heteroatoms. The Labute approximate surface area is 206 Å². The van der Waals surface area contributed by atoms with Crippen molar-refractivity contribution in [3.05, 3.63) is 67.1 Å². The quantitative estimate of drug-likeness (QED) is 0.351. The molecule has 1 aliphatic rings. The molecular weight excluding hydrogens is 452 g/mol. The molecule has 178 valence electrons. The maximum Gasteiger partial charge on any atom is 0.161 e. The number of fused-ring (bicyclic) bond motifs is 2. The first-order chi connectivity index (χ1) is 17.8. The van der Waals surface area contributed by atoms with E-state index in [2.05, 4.69) is 36.1 Å². The number of likely N-dealkylation sites (tertiary alicyclic amines) is 1. The van der Waals surface area contributed by atoms with Gasteiger partial charge < -0.3 is 9.40 Å². The van der Waals surface area contributed by atoms with Gasteiger partial charge in [-0.1, -0.05) is 6.42 Å². The zero-order valence-electron chi connectivity index (χ0n) is 19.6. The summed E-state index contributed by atoms with van der Waals surface area (Å²) in [5.74, 6) is 0.635. The lowest BCUT2D eigenvalue weighted by molar-refractivity contribution is 0.220. The van der Waals surface area contributed by atoms with Gasteiger partial charge in [-0.15, -0.1) is 0 Å². The Morgan fingerprint density at radius 1 is 0.861 bits per heavy atom. The molecular formula is C27H24N8O. The average molecular weight is 477 g/mol. The highest BCUT2D eigenvalue weighted by atomic mass is 16.3. The summed E-state index contributed by atoms with van der Waals surface area (Å²) >= 11 is 0. The molecule has 0 bridgehead atoms. The van der Waals surface area contributed by atoms with Gasteiger partial charge in [0.25, 0.3) is 0 Å². The topological polar surface area (TPSA) is 112 Å². The van der Waals surface area contributed by atoms with E-state index in [0.717, 1.165) is 64.1 Å². The maximum absolute atomic E-state index is 5.26. The molecule has 0 aromatic carbocycles. The molecule has 1 fully saturated rings. The minimum Gasteiger partial charge on any atom is -0.472 e. The molecule has 0 radical (unpaired) electrons. The van der Waals surface area contributed by atoms with E-state index in [4.69, 9.17) is 14.4 Å². The van der Waals surface area contributed by atoms with Crippen LogP contribution in [-0.4, -0.2) is 53.1 Å². The fourth-order valence-corrected chi connectivity index (χ4v) is 4.99. The largest absolute Gasteiger partial charge is 0.472 e. The SMILES string of the molecule is c1cc(-c2cncc3[nH]c(-c4n[nH]c5ccc(-c6cncc(CN7CCCCC7)c6)nc45)nc23)co1. The van der Waals surface area contributed by atoms with Crippen molar-refractivity contribution in [1.82, 2.24) is 40.0 Å². The summed E-state index contributed by atoms with van der Waals surface area (Å²) in [4.78, 5) is 24.6. The van der Waals surface area contributed by atoms with Crippen LogP contribution < -0.4 is 0 Å². The molecule has 6 aromatic rings. The zero-order chi connectivity index (χ0) is 23.9. The monoisotopic (exact) mass is 476 g/mol. The third kappa shape index (κ3) is 3.74. The molecule has 0 spiro atoms. The third-order valence-corrected chi connectivity index (χ3v) is 6.80. The van der Waals surface area contributed by atoms with Crippen LogP contribution in [0.2, 0.25) is 0 Å². The van der Waals surface area contributed by atoms with Crippen LogP contribution in [0.5, 0.6) is 0 Å². The van der Waals surface area contributed by atoms with Gasteiger partial charge in [0, 0.05) is 41.8 Å². The van der Waals surface area contributed by atoms with Gasteiger partial charge in [-0.25, -0.2) is 9.97 Å². The predicted octanol–water partition coefficient (Wildman–Crippen LogP) is 5.20. The van der Waals surface area contributed by atoms with Crippen molar-refractivity contribution in [1.29, 1.82) is 0 Å². The fourth-order valence-electron chi connectivity index (χ4n) is 4.99. The van der Waals surface area contributed by atoms with E-state index in [1.165, 1.54) is 24.8 Å². The smallest absolute Gasteiger partial charge is 0.161 e. The second-order valence-electron chi connectivity index (χ2n) is 9.26. The molecule has 0 saturated carbocycles. The second kappa shape index (κ2) is 8.69. The molecule has 7 heterocycles. The standard InChI is InChI=1S/C27H24N8O/c1-2-7-35(8-3-1)15-17-10-19(12-28-11-17)21-4-5-22-25(30-21)26(34-33-22)27-31-23-14-29-13-20(24(23)32-27)18-6-9-36-16-18/h4-6,9-14,16H,1-3,7-8,15H2,(H,31,32)(H,33,34). The van der Waals surface area contributed by atoms with E-state index in [0.29, 0.717) is 11.5 Å². The minimum atomic E-state index is 0.635. The van der Waals surface area contributed by atoms with Gasteiger partial charge >= 0.3 is 0 Å². The molecule has 0 aliphatic carbocycles. The van der Waals surface area contributed by atoms with Gasteiger partial charge in [0.15, 0.2) is 11.5 Å². The average Bonchev–Trinajstić information content (AvgIpc) is 3.68. The van der Waals surface area contributed by atoms with Gasteiger partial charge in [0.05, 0.1) is 35.5 Å². The van der Waals surface area contributed by atoms with Crippen molar-refractivity contribution < 1.29 is 4.42 Å². The Bertz CT molecular complexity index is 1660. The predicted molar refractivity (Wildman–Crippen MR) is 137 cm³/mol. The Morgan fingerprint density at radius 2 is 1.78 bits per heavy atom. The molecule has 1 saturated heterocycles. The summed E-state index contributed by atoms with van der Waals surface area (Å²) in [6, 6.07) is 8.10. The molecule has 0 amide bonds. The van der Waals surface area contributed by atoms with Gasteiger partial charge in [-0.05, 0) is 55.8 Å². The normalized spacial score (nSPS) is 14.7. The lowest BCUT2D eigenvalue weighted by atomic mass is 10.1. The maximum atomic E-state index is 5.26. The van der Waals surface area contributed by atoms with Crippen LogP contribution in [-0.2, 0) is 6.54 Å². The molecule has 0 unspecified atom stereocenters. The number of aromatic amines is 2. The van der Waals surface area contributed by atoms with Crippen molar-refractivity contribution in [3.63, 3.8) is 0 Å². The molecule has 1 aliphatic heterocycles. The highest BCUT2D eigenvalue weighted by Crippen LogP contribution is 2.31. The number of aromatic nitrogens is 7. The third-order valence-electron chi connectivity index (χ3n) is 6.80. The second-order valence-corrected chi connectivity index (χ2v) is 9.26. The van der Waals surface area contributed by atoms with Crippen LogP contribution >= 0.6 is 0 Å².